The first-order valence-corrected chi connectivity index (χ1v) is 13.8. The van der Waals surface area contributed by atoms with Crippen LogP contribution in [0.5, 0.6) is 5.75 Å². The van der Waals surface area contributed by atoms with Gasteiger partial charge in [-0.15, -0.1) is 11.8 Å². The molecular weight excluding hydrogens is 508 g/mol. The first-order valence-electron chi connectivity index (χ1n) is 12.8. The molecule has 2 N–H and O–H groups in total. The third-order valence-electron chi connectivity index (χ3n) is 6.84. The van der Waals surface area contributed by atoms with Gasteiger partial charge in [0, 0.05) is 5.75 Å². The Bertz CT molecular complexity index is 1290. The minimum Gasteiger partial charge on any atom is -0.497 e. The number of hydrogen-bond acceptors (Lipinski definition) is 5. The summed E-state index contributed by atoms with van der Waals surface area (Å²) < 4.78 is 10.0. The van der Waals surface area contributed by atoms with Crippen molar-refractivity contribution in [2.75, 3.05) is 12.9 Å². The van der Waals surface area contributed by atoms with Gasteiger partial charge >= 0.3 is 6.09 Å². The summed E-state index contributed by atoms with van der Waals surface area (Å²) in [5.41, 5.74) is 4.25. The lowest BCUT2D eigenvalue weighted by atomic mass is 9.84. The van der Waals surface area contributed by atoms with E-state index in [9.17, 15) is 9.59 Å². The number of nitrogens with one attached hydrogen (secondary N) is 2. The van der Waals surface area contributed by atoms with Gasteiger partial charge in [0.15, 0.2) is 0 Å². The second-order valence-corrected chi connectivity index (χ2v) is 10.5. The Morgan fingerprint density at radius 2 is 1.33 bits per heavy atom. The van der Waals surface area contributed by atoms with E-state index in [1.165, 1.54) is 0 Å². The molecule has 0 aliphatic carbocycles. The average Bonchev–Trinajstić information content (AvgIpc) is 3.00. The molecule has 2 amide bonds. The van der Waals surface area contributed by atoms with Gasteiger partial charge in [0.1, 0.15) is 18.4 Å². The summed E-state index contributed by atoms with van der Waals surface area (Å²) >= 11 is 1.74. The summed E-state index contributed by atoms with van der Waals surface area (Å²) in [6.07, 6.45) is -0.624. The number of hydrogen-bond donors (Lipinski definition) is 2. The van der Waals surface area contributed by atoms with E-state index < -0.39 is 16.9 Å². The SMILES string of the molecule is COc1ccc(COC(=O)N[C@@H]2C(=O)N[C@@H]2CSC(c2ccccc2)(c2ccccc2)c2ccccc2)cc1. The average molecular weight is 539 g/mol. The van der Waals surface area contributed by atoms with Gasteiger partial charge in [0.05, 0.1) is 17.9 Å². The molecule has 6 nitrogen and oxygen atoms in total. The highest BCUT2D eigenvalue weighted by atomic mass is 32.2. The van der Waals surface area contributed by atoms with E-state index >= 15 is 0 Å². The smallest absolute Gasteiger partial charge is 0.408 e. The van der Waals surface area contributed by atoms with Crippen molar-refractivity contribution in [3.8, 4) is 5.75 Å². The minimum absolute atomic E-state index is 0.0999. The summed E-state index contributed by atoms with van der Waals surface area (Å²) in [6, 6.07) is 37.5. The van der Waals surface area contributed by atoms with Crippen molar-refractivity contribution in [2.24, 2.45) is 0 Å². The Morgan fingerprint density at radius 3 is 1.79 bits per heavy atom. The van der Waals surface area contributed by atoms with E-state index in [-0.39, 0.29) is 18.6 Å². The maximum atomic E-state index is 12.6. The molecule has 5 rings (SSSR count). The summed E-state index contributed by atoms with van der Waals surface area (Å²) in [5, 5.41) is 5.72. The van der Waals surface area contributed by atoms with Gasteiger partial charge in [-0.3, -0.25) is 4.79 Å². The monoisotopic (exact) mass is 538 g/mol. The van der Waals surface area contributed by atoms with Crippen molar-refractivity contribution in [1.82, 2.24) is 10.6 Å². The molecule has 1 saturated heterocycles. The largest absolute Gasteiger partial charge is 0.497 e. The molecule has 0 unspecified atom stereocenters. The second-order valence-electron chi connectivity index (χ2n) is 9.25. The number of thioether (sulfide) groups is 1. The van der Waals surface area contributed by atoms with Gasteiger partial charge < -0.3 is 20.1 Å². The fourth-order valence-corrected chi connectivity index (χ4v) is 6.38. The zero-order valence-electron chi connectivity index (χ0n) is 21.6. The van der Waals surface area contributed by atoms with Crippen molar-refractivity contribution in [3.63, 3.8) is 0 Å². The highest BCUT2D eigenvalue weighted by molar-refractivity contribution is 8.00. The third kappa shape index (κ3) is 5.78. The molecule has 198 valence electrons. The molecule has 4 aromatic carbocycles. The highest BCUT2D eigenvalue weighted by Crippen LogP contribution is 2.48. The lowest BCUT2D eigenvalue weighted by Crippen LogP contribution is -2.70. The van der Waals surface area contributed by atoms with Crippen molar-refractivity contribution >= 4 is 23.8 Å². The maximum absolute atomic E-state index is 12.6. The molecule has 0 aromatic heterocycles. The lowest BCUT2D eigenvalue weighted by molar-refractivity contribution is -0.130. The summed E-state index contributed by atoms with van der Waals surface area (Å²) in [4.78, 5) is 25.0. The van der Waals surface area contributed by atoms with Crippen molar-refractivity contribution in [1.29, 1.82) is 0 Å². The number of carbonyl (C=O) groups excluding carboxylic acids is 2. The van der Waals surface area contributed by atoms with Crippen LogP contribution in [0, 0.1) is 0 Å². The number of rotatable bonds is 10. The molecule has 0 spiro atoms. The normalized spacial score (nSPS) is 16.5. The molecule has 1 fully saturated rings. The van der Waals surface area contributed by atoms with Crippen LogP contribution in [0.25, 0.3) is 0 Å². The Kier molecular flexibility index (Phi) is 8.18. The Morgan fingerprint density at radius 1 is 0.821 bits per heavy atom. The first-order chi connectivity index (χ1) is 19.1. The lowest BCUT2D eigenvalue weighted by Gasteiger charge is -2.41. The molecule has 0 radical (unpaired) electrons. The van der Waals surface area contributed by atoms with Crippen LogP contribution in [-0.2, 0) is 20.9 Å². The Balaban J connectivity index is 1.32. The number of alkyl carbamates (subject to hydrolysis) is 1. The van der Waals surface area contributed by atoms with Crippen LogP contribution in [-0.4, -0.2) is 36.9 Å². The molecule has 0 saturated carbocycles. The minimum atomic E-state index is -0.666. The molecule has 1 aliphatic heterocycles. The van der Waals surface area contributed by atoms with Gasteiger partial charge in [0.2, 0.25) is 5.91 Å². The van der Waals surface area contributed by atoms with Gasteiger partial charge in [0.25, 0.3) is 0 Å². The van der Waals surface area contributed by atoms with Crippen LogP contribution in [0.4, 0.5) is 4.79 Å². The highest BCUT2D eigenvalue weighted by Gasteiger charge is 2.44. The van der Waals surface area contributed by atoms with E-state index in [0.717, 1.165) is 28.0 Å². The standard InChI is InChI=1S/C32H30N2O4S/c1-37-27-19-17-23(18-20-27)21-38-31(36)34-29-28(33-30(29)35)22-39-32(24-11-5-2-6-12-24,25-13-7-3-8-14-25)26-15-9-4-10-16-26/h2-20,28-29H,21-22H2,1H3,(H,33,35)(H,34,36)/t28-,29+/m1/s1. The summed E-state index contributed by atoms with van der Waals surface area (Å²) in [5.74, 6) is 1.09. The molecule has 4 aromatic rings. The summed E-state index contributed by atoms with van der Waals surface area (Å²) in [7, 11) is 1.60. The van der Waals surface area contributed by atoms with Crippen LogP contribution < -0.4 is 15.4 Å². The summed E-state index contributed by atoms with van der Waals surface area (Å²) in [6.45, 7) is 0.0999. The van der Waals surface area contributed by atoms with Gasteiger partial charge in [-0.25, -0.2) is 4.79 Å². The third-order valence-corrected chi connectivity index (χ3v) is 8.50. The first kappa shape index (κ1) is 26.4. The van der Waals surface area contributed by atoms with E-state index in [0.29, 0.717) is 5.75 Å². The van der Waals surface area contributed by atoms with Crippen LogP contribution in [0.1, 0.15) is 22.3 Å². The molecule has 1 heterocycles. The van der Waals surface area contributed by atoms with Crippen LogP contribution in [0.2, 0.25) is 0 Å². The van der Waals surface area contributed by atoms with E-state index in [2.05, 4.69) is 47.0 Å². The molecule has 2 atom stereocenters. The van der Waals surface area contributed by atoms with E-state index in [4.69, 9.17) is 9.47 Å². The van der Waals surface area contributed by atoms with E-state index in [1.54, 1.807) is 18.9 Å². The van der Waals surface area contributed by atoms with Gasteiger partial charge in [-0.1, -0.05) is 103 Å². The Labute approximate surface area is 232 Å². The van der Waals surface area contributed by atoms with Gasteiger partial charge in [-0.2, -0.15) is 0 Å². The fraction of sp³-hybridized carbons (Fsp3) is 0.188. The van der Waals surface area contributed by atoms with Crippen LogP contribution in [0.15, 0.2) is 115 Å². The number of carbonyl (C=O) groups is 2. The predicted molar refractivity (Wildman–Crippen MR) is 154 cm³/mol. The number of amides is 2. The zero-order valence-corrected chi connectivity index (χ0v) is 22.4. The molecule has 7 heteroatoms. The zero-order chi connectivity index (χ0) is 27.1. The van der Waals surface area contributed by atoms with Crippen molar-refractivity contribution in [2.45, 2.75) is 23.4 Å². The van der Waals surface area contributed by atoms with Crippen LogP contribution >= 0.6 is 11.8 Å². The quantitative estimate of drug-likeness (QED) is 0.206. The molecule has 39 heavy (non-hydrogen) atoms. The van der Waals surface area contributed by atoms with Crippen LogP contribution in [0.3, 0.4) is 0 Å². The predicted octanol–water partition coefficient (Wildman–Crippen LogP) is 5.51. The second kappa shape index (κ2) is 12.1. The molecule has 1 aliphatic rings. The van der Waals surface area contributed by atoms with Gasteiger partial charge in [-0.05, 0) is 34.4 Å². The Hall–Kier alpha value is -4.23. The fourth-order valence-electron chi connectivity index (χ4n) is 4.77. The number of ether oxygens (including phenoxy) is 2. The maximum Gasteiger partial charge on any atom is 0.408 e. The van der Waals surface area contributed by atoms with Crippen molar-refractivity contribution in [3.05, 3.63) is 138 Å². The number of β-lactam (4-membered cyclic amide) rings is 1. The van der Waals surface area contributed by atoms with Crippen molar-refractivity contribution < 1.29 is 19.1 Å². The number of benzene rings is 4. The van der Waals surface area contributed by atoms with E-state index in [1.807, 2.05) is 78.9 Å². The molecule has 0 bridgehead atoms. The molecular formula is C32H30N2O4S. The number of methoxy groups -OCH3 is 1. The topological polar surface area (TPSA) is 76.7 Å².